The van der Waals surface area contributed by atoms with Crippen molar-refractivity contribution >= 4 is 13.4 Å². The summed E-state index contributed by atoms with van der Waals surface area (Å²) in [5.74, 6) is 11.6. The van der Waals surface area contributed by atoms with Gasteiger partial charge in [0, 0.05) is 5.56 Å². The van der Waals surface area contributed by atoms with Gasteiger partial charge in [-0.25, -0.2) is 0 Å². The fourth-order valence-electron chi connectivity index (χ4n) is 1.18. The number of nitrogens with zero attached hydrogens (tertiary/aromatic N) is 1. The Kier molecular flexibility index (Phi) is 3.91. The second-order valence-corrected chi connectivity index (χ2v) is 9.82. The maximum atomic E-state index is 5.37. The third-order valence-electron chi connectivity index (χ3n) is 2.22. The first kappa shape index (κ1) is 12.5. The molecule has 3 heteroatoms. The standard InChI is InChI=1S/C13H18N2Si/c1-11-5-7-12(8-6-11)9-10-13(15-14)16(2,3)4/h5-8H,14H2,1-4H3/b15-13-. The zero-order valence-corrected chi connectivity index (χ0v) is 11.3. The van der Waals surface area contributed by atoms with Gasteiger partial charge < -0.3 is 5.84 Å². The molecule has 0 aliphatic rings. The van der Waals surface area contributed by atoms with E-state index in [0.29, 0.717) is 0 Å². The smallest absolute Gasteiger partial charge is 0.115 e. The summed E-state index contributed by atoms with van der Waals surface area (Å²) in [7, 11) is -1.50. The first-order valence-corrected chi connectivity index (χ1v) is 8.80. The molecule has 84 valence electrons. The number of rotatable bonds is 1. The average Bonchev–Trinajstić information content (AvgIpc) is 2.19. The highest BCUT2D eigenvalue weighted by Crippen LogP contribution is 2.04. The monoisotopic (exact) mass is 230 g/mol. The molecule has 0 aliphatic carbocycles. The fourth-order valence-corrected chi connectivity index (χ4v) is 2.01. The van der Waals surface area contributed by atoms with Crippen LogP contribution in [0.1, 0.15) is 11.1 Å². The van der Waals surface area contributed by atoms with Crippen LogP contribution in [0.15, 0.2) is 29.4 Å². The lowest BCUT2D eigenvalue weighted by Crippen LogP contribution is -2.33. The molecule has 0 heterocycles. The molecule has 0 amide bonds. The van der Waals surface area contributed by atoms with E-state index in [1.165, 1.54) is 5.56 Å². The van der Waals surface area contributed by atoms with E-state index in [0.717, 1.165) is 10.9 Å². The molecule has 0 fully saturated rings. The SMILES string of the molecule is Cc1ccc(C#C/C(=N/N)[Si](C)(C)C)cc1. The molecule has 0 bridgehead atoms. The first-order chi connectivity index (χ1) is 7.43. The topological polar surface area (TPSA) is 38.4 Å². The van der Waals surface area contributed by atoms with Gasteiger partial charge in [-0.3, -0.25) is 0 Å². The molecule has 0 spiro atoms. The number of hydrogen-bond acceptors (Lipinski definition) is 2. The van der Waals surface area contributed by atoms with Gasteiger partial charge in [-0.1, -0.05) is 43.3 Å². The third kappa shape index (κ3) is 3.56. The number of aryl methyl sites for hydroxylation is 1. The van der Waals surface area contributed by atoms with Gasteiger partial charge in [-0.15, -0.1) is 0 Å². The van der Waals surface area contributed by atoms with Crippen molar-refractivity contribution in [3.8, 4) is 11.8 Å². The molecule has 0 unspecified atom stereocenters. The third-order valence-corrected chi connectivity index (χ3v) is 3.89. The predicted octanol–water partition coefficient (Wildman–Crippen LogP) is 2.54. The van der Waals surface area contributed by atoms with E-state index >= 15 is 0 Å². The lowest BCUT2D eigenvalue weighted by Gasteiger charge is -2.12. The van der Waals surface area contributed by atoms with Crippen molar-refractivity contribution in [2.24, 2.45) is 10.9 Å². The van der Waals surface area contributed by atoms with Crippen molar-refractivity contribution in [1.82, 2.24) is 0 Å². The molecule has 1 aromatic rings. The molecule has 0 atom stereocenters. The molecule has 16 heavy (non-hydrogen) atoms. The van der Waals surface area contributed by atoms with Crippen LogP contribution in [-0.4, -0.2) is 13.4 Å². The number of nitrogens with two attached hydrogens (primary N) is 1. The Hall–Kier alpha value is -1.53. The molecule has 2 N–H and O–H groups in total. The van der Waals surface area contributed by atoms with Crippen molar-refractivity contribution in [1.29, 1.82) is 0 Å². The summed E-state index contributed by atoms with van der Waals surface area (Å²) >= 11 is 0. The molecule has 0 radical (unpaired) electrons. The molecule has 1 rings (SSSR count). The quantitative estimate of drug-likeness (QED) is 0.260. The Morgan fingerprint density at radius 3 is 2.19 bits per heavy atom. The van der Waals surface area contributed by atoms with E-state index in [4.69, 9.17) is 5.84 Å². The van der Waals surface area contributed by atoms with Crippen molar-refractivity contribution in [2.75, 3.05) is 0 Å². The maximum absolute atomic E-state index is 5.37. The number of hydrogen-bond donors (Lipinski definition) is 1. The predicted molar refractivity (Wildman–Crippen MR) is 73.0 cm³/mol. The molecule has 0 saturated heterocycles. The largest absolute Gasteiger partial charge is 0.323 e. The Bertz CT molecular complexity index is 442. The Morgan fingerprint density at radius 2 is 1.75 bits per heavy atom. The summed E-state index contributed by atoms with van der Waals surface area (Å²) in [6.07, 6.45) is 0. The maximum Gasteiger partial charge on any atom is 0.115 e. The highest BCUT2D eigenvalue weighted by Gasteiger charge is 2.19. The Morgan fingerprint density at radius 1 is 1.19 bits per heavy atom. The van der Waals surface area contributed by atoms with Crippen LogP contribution in [0, 0.1) is 18.8 Å². The van der Waals surface area contributed by atoms with Crippen LogP contribution < -0.4 is 5.84 Å². The van der Waals surface area contributed by atoms with Crippen LogP contribution in [0.2, 0.25) is 19.6 Å². The van der Waals surface area contributed by atoms with Crippen LogP contribution in [0.25, 0.3) is 0 Å². The van der Waals surface area contributed by atoms with Crippen molar-refractivity contribution < 1.29 is 0 Å². The molecule has 0 saturated carbocycles. The van der Waals surface area contributed by atoms with Gasteiger partial charge in [-0.05, 0) is 25.0 Å². The lowest BCUT2D eigenvalue weighted by molar-refractivity contribution is 1.26. The van der Waals surface area contributed by atoms with Crippen LogP contribution in [0.5, 0.6) is 0 Å². The van der Waals surface area contributed by atoms with E-state index in [2.05, 4.69) is 55.6 Å². The zero-order chi connectivity index (χ0) is 12.2. The molecular weight excluding hydrogens is 212 g/mol. The van der Waals surface area contributed by atoms with E-state index in [1.807, 2.05) is 12.1 Å². The fraction of sp³-hybridized carbons (Fsp3) is 0.308. The minimum Gasteiger partial charge on any atom is -0.323 e. The van der Waals surface area contributed by atoms with Gasteiger partial charge >= 0.3 is 0 Å². The van der Waals surface area contributed by atoms with E-state index in [1.54, 1.807) is 0 Å². The van der Waals surface area contributed by atoms with Gasteiger partial charge in [-0.2, -0.15) is 5.10 Å². The minimum absolute atomic E-state index is 0.855. The van der Waals surface area contributed by atoms with Gasteiger partial charge in [0.1, 0.15) is 8.07 Å². The second kappa shape index (κ2) is 5.00. The Labute approximate surface area is 98.6 Å². The summed E-state index contributed by atoms with van der Waals surface area (Å²) in [4.78, 5) is 0. The average molecular weight is 230 g/mol. The molecule has 1 aromatic carbocycles. The zero-order valence-electron chi connectivity index (χ0n) is 10.3. The van der Waals surface area contributed by atoms with Crippen molar-refractivity contribution in [3.63, 3.8) is 0 Å². The number of benzene rings is 1. The van der Waals surface area contributed by atoms with Gasteiger partial charge in [0.05, 0.1) is 5.33 Å². The van der Waals surface area contributed by atoms with Gasteiger partial charge in [0.15, 0.2) is 0 Å². The molecular formula is C13H18N2Si. The van der Waals surface area contributed by atoms with E-state index in [-0.39, 0.29) is 0 Å². The molecule has 0 aromatic heterocycles. The first-order valence-electron chi connectivity index (χ1n) is 5.30. The number of hydrazone groups is 1. The second-order valence-electron chi connectivity index (χ2n) is 4.84. The molecule has 0 aliphatic heterocycles. The summed E-state index contributed by atoms with van der Waals surface area (Å²) < 4.78 is 0. The summed E-state index contributed by atoms with van der Waals surface area (Å²) in [5.41, 5.74) is 2.24. The minimum atomic E-state index is -1.50. The normalized spacial score (nSPS) is 11.9. The Balaban J connectivity index is 2.93. The van der Waals surface area contributed by atoms with Crippen molar-refractivity contribution in [2.45, 2.75) is 26.6 Å². The summed E-state index contributed by atoms with van der Waals surface area (Å²) in [6.45, 7) is 8.61. The van der Waals surface area contributed by atoms with E-state index < -0.39 is 8.07 Å². The van der Waals surface area contributed by atoms with Crippen molar-refractivity contribution in [3.05, 3.63) is 35.4 Å². The van der Waals surface area contributed by atoms with E-state index in [9.17, 15) is 0 Å². The van der Waals surface area contributed by atoms with Gasteiger partial charge in [0.2, 0.25) is 0 Å². The van der Waals surface area contributed by atoms with Crippen LogP contribution in [0.3, 0.4) is 0 Å². The van der Waals surface area contributed by atoms with Crippen LogP contribution in [-0.2, 0) is 0 Å². The highest BCUT2D eigenvalue weighted by atomic mass is 28.3. The van der Waals surface area contributed by atoms with Crippen LogP contribution in [0.4, 0.5) is 0 Å². The summed E-state index contributed by atoms with van der Waals surface area (Å²) in [5, 5.41) is 4.65. The lowest BCUT2D eigenvalue weighted by atomic mass is 10.2. The molecule has 2 nitrogen and oxygen atoms in total. The van der Waals surface area contributed by atoms with Gasteiger partial charge in [0.25, 0.3) is 0 Å². The highest BCUT2D eigenvalue weighted by molar-refractivity contribution is 7.06. The van der Waals surface area contributed by atoms with Crippen LogP contribution >= 0.6 is 0 Å². The summed E-state index contributed by atoms with van der Waals surface area (Å²) in [6, 6.07) is 8.14.